The second-order valence-corrected chi connectivity index (χ2v) is 11.3. The molecule has 1 atom stereocenters. The molecule has 9 nitrogen and oxygen atoms in total. The Kier molecular flexibility index (Phi) is 8.53. The number of hydrogen-bond acceptors (Lipinski definition) is 8. The number of nitrogens with zero attached hydrogens (tertiary/aromatic N) is 6. The average molecular weight is 575 g/mol. The standard InChI is InChI=1S/C32H39FN6O3/c1-23-6-3-7-24-8-4-9-28(30(23)24)39-13-11-26-27(21-39)34-32(42-22-25-20-36(2)18-19-41-25)35-31(26)38-16-14-37(15-17-38)29(40)10-5-12-33/h3-10,25H,11-22H2,1-2H3/b10-5+. The van der Waals surface area contributed by atoms with Gasteiger partial charge in [-0.05, 0) is 43.5 Å². The van der Waals surface area contributed by atoms with E-state index in [1.165, 1.54) is 34.2 Å². The Morgan fingerprint density at radius 2 is 1.88 bits per heavy atom. The van der Waals surface area contributed by atoms with Gasteiger partial charge in [-0.15, -0.1) is 0 Å². The Morgan fingerprint density at radius 1 is 1.07 bits per heavy atom. The van der Waals surface area contributed by atoms with E-state index >= 15 is 0 Å². The van der Waals surface area contributed by atoms with Crippen LogP contribution in [-0.4, -0.2) is 105 Å². The third kappa shape index (κ3) is 6.05. The minimum atomic E-state index is -0.640. The molecule has 1 amide bonds. The molecule has 4 heterocycles. The van der Waals surface area contributed by atoms with E-state index in [9.17, 15) is 9.18 Å². The Labute approximate surface area is 246 Å². The number of carbonyl (C=O) groups excluding carboxylic acids is 1. The first kappa shape index (κ1) is 28.4. The van der Waals surface area contributed by atoms with E-state index in [1.807, 2.05) is 0 Å². The Morgan fingerprint density at radius 3 is 2.67 bits per heavy atom. The van der Waals surface area contributed by atoms with Gasteiger partial charge >= 0.3 is 6.01 Å². The van der Waals surface area contributed by atoms with Crippen molar-refractivity contribution >= 4 is 28.2 Å². The molecule has 0 radical (unpaired) electrons. The van der Waals surface area contributed by atoms with Gasteiger partial charge in [0.25, 0.3) is 0 Å². The molecule has 2 saturated heterocycles. The van der Waals surface area contributed by atoms with Gasteiger partial charge in [-0.1, -0.05) is 30.3 Å². The molecule has 0 spiro atoms. The molecule has 0 saturated carbocycles. The zero-order valence-corrected chi connectivity index (χ0v) is 24.5. The molecule has 0 aliphatic carbocycles. The number of carbonyl (C=O) groups is 1. The zero-order chi connectivity index (χ0) is 29.1. The number of ether oxygens (including phenoxy) is 2. The van der Waals surface area contributed by atoms with Crippen molar-refractivity contribution in [2.45, 2.75) is 26.0 Å². The Balaban J connectivity index is 1.27. The van der Waals surface area contributed by atoms with Gasteiger partial charge in [-0.2, -0.15) is 9.97 Å². The molecule has 222 valence electrons. The summed E-state index contributed by atoms with van der Waals surface area (Å²) in [6.07, 6.45) is 3.36. The second-order valence-electron chi connectivity index (χ2n) is 11.3. The number of aryl methyl sites for hydroxylation is 1. The highest BCUT2D eigenvalue weighted by atomic mass is 19.1. The maximum atomic E-state index is 12.5. The third-order valence-corrected chi connectivity index (χ3v) is 8.44. The molecule has 3 aliphatic heterocycles. The van der Waals surface area contributed by atoms with Gasteiger partial charge in [0.05, 0.1) is 18.8 Å². The van der Waals surface area contributed by atoms with Gasteiger partial charge in [0, 0.05) is 68.5 Å². The van der Waals surface area contributed by atoms with E-state index in [1.54, 1.807) is 4.90 Å². The number of likely N-dealkylation sites (N-methyl/N-ethyl adjacent to an activating group) is 1. The minimum Gasteiger partial charge on any atom is -0.461 e. The third-order valence-electron chi connectivity index (χ3n) is 8.44. The van der Waals surface area contributed by atoms with Gasteiger partial charge in [0.1, 0.15) is 25.2 Å². The largest absolute Gasteiger partial charge is 0.461 e. The van der Waals surface area contributed by atoms with Crippen molar-refractivity contribution in [3.8, 4) is 6.01 Å². The van der Waals surface area contributed by atoms with Gasteiger partial charge in [-0.3, -0.25) is 4.79 Å². The summed E-state index contributed by atoms with van der Waals surface area (Å²) >= 11 is 0. The molecule has 3 aromatic rings. The number of anilines is 2. The van der Waals surface area contributed by atoms with Crippen molar-refractivity contribution in [3.63, 3.8) is 0 Å². The van der Waals surface area contributed by atoms with Crippen molar-refractivity contribution in [3.05, 3.63) is 65.4 Å². The SMILES string of the molecule is Cc1cccc2cccc(N3CCc4c(nc(OCC5CN(C)CCO5)nc4N4CCN(C(=O)/C=C/CF)CC4)C3)c12. The first-order chi connectivity index (χ1) is 20.5. The van der Waals surface area contributed by atoms with Gasteiger partial charge in [0.2, 0.25) is 5.91 Å². The number of morpholine rings is 1. The molecule has 0 bridgehead atoms. The number of fused-ring (bicyclic) bond motifs is 2. The van der Waals surface area contributed by atoms with Crippen LogP contribution in [0.5, 0.6) is 6.01 Å². The van der Waals surface area contributed by atoms with Crippen molar-refractivity contribution in [1.82, 2.24) is 19.8 Å². The van der Waals surface area contributed by atoms with Crippen LogP contribution in [0.1, 0.15) is 16.8 Å². The lowest BCUT2D eigenvalue weighted by molar-refractivity contribution is -0.126. The van der Waals surface area contributed by atoms with Crippen LogP contribution < -0.4 is 14.5 Å². The maximum Gasteiger partial charge on any atom is 0.318 e. The van der Waals surface area contributed by atoms with Crippen molar-refractivity contribution < 1.29 is 18.7 Å². The highest BCUT2D eigenvalue weighted by Crippen LogP contribution is 2.35. The highest BCUT2D eigenvalue weighted by molar-refractivity contribution is 5.97. The predicted molar refractivity (Wildman–Crippen MR) is 162 cm³/mol. The number of rotatable bonds is 7. The molecule has 42 heavy (non-hydrogen) atoms. The van der Waals surface area contributed by atoms with Gasteiger partial charge < -0.3 is 29.1 Å². The second kappa shape index (κ2) is 12.6. The van der Waals surface area contributed by atoms with E-state index in [2.05, 4.69) is 65.1 Å². The van der Waals surface area contributed by atoms with Crippen LogP contribution in [0.2, 0.25) is 0 Å². The average Bonchev–Trinajstić information content (AvgIpc) is 3.02. The highest BCUT2D eigenvalue weighted by Gasteiger charge is 2.29. The number of amides is 1. The van der Waals surface area contributed by atoms with Crippen molar-refractivity contribution in [2.75, 3.05) is 82.5 Å². The number of benzene rings is 2. The fourth-order valence-corrected chi connectivity index (χ4v) is 6.21. The predicted octanol–water partition coefficient (Wildman–Crippen LogP) is 3.38. The quantitative estimate of drug-likeness (QED) is 0.398. The summed E-state index contributed by atoms with van der Waals surface area (Å²) in [6, 6.07) is 13.3. The number of allylic oxidation sites excluding steroid dienone is 1. The van der Waals surface area contributed by atoms with Crippen LogP contribution >= 0.6 is 0 Å². The molecule has 2 fully saturated rings. The molecule has 6 rings (SSSR count). The van der Waals surface area contributed by atoms with E-state index in [-0.39, 0.29) is 12.0 Å². The molecule has 2 aromatic carbocycles. The van der Waals surface area contributed by atoms with Crippen LogP contribution in [-0.2, 0) is 22.5 Å². The number of hydrogen-bond donors (Lipinski definition) is 0. The topological polar surface area (TPSA) is 74.3 Å². The number of alkyl halides is 1. The van der Waals surface area contributed by atoms with Crippen molar-refractivity contribution in [2.24, 2.45) is 0 Å². The molecule has 10 heteroatoms. The van der Waals surface area contributed by atoms with E-state index < -0.39 is 6.67 Å². The van der Waals surface area contributed by atoms with E-state index in [4.69, 9.17) is 19.4 Å². The summed E-state index contributed by atoms with van der Waals surface area (Å²) in [5.41, 5.74) is 4.58. The van der Waals surface area contributed by atoms with Gasteiger partial charge in [0.15, 0.2) is 0 Å². The summed E-state index contributed by atoms with van der Waals surface area (Å²) in [5, 5.41) is 2.51. The number of halogens is 1. The summed E-state index contributed by atoms with van der Waals surface area (Å²) in [7, 11) is 2.09. The van der Waals surface area contributed by atoms with Crippen LogP contribution in [0.3, 0.4) is 0 Å². The fourth-order valence-electron chi connectivity index (χ4n) is 6.21. The fraction of sp³-hybridized carbons (Fsp3) is 0.469. The summed E-state index contributed by atoms with van der Waals surface area (Å²) in [6.45, 7) is 8.20. The molecular weight excluding hydrogens is 535 g/mol. The van der Waals surface area contributed by atoms with Crippen LogP contribution in [0.25, 0.3) is 10.8 Å². The summed E-state index contributed by atoms with van der Waals surface area (Å²) < 4.78 is 24.6. The Bertz CT molecular complexity index is 1450. The van der Waals surface area contributed by atoms with Crippen LogP contribution in [0.15, 0.2) is 48.6 Å². The van der Waals surface area contributed by atoms with E-state index in [0.717, 1.165) is 43.1 Å². The molecule has 1 aromatic heterocycles. The maximum absolute atomic E-state index is 12.5. The minimum absolute atomic E-state index is 0.0334. The number of aromatic nitrogens is 2. The summed E-state index contributed by atoms with van der Waals surface area (Å²) in [5.74, 6) is 0.733. The lowest BCUT2D eigenvalue weighted by atomic mass is 9.99. The molecule has 0 N–H and O–H groups in total. The lowest BCUT2D eigenvalue weighted by Gasteiger charge is -2.38. The normalized spacial score (nSPS) is 19.9. The number of piperazine rings is 1. The first-order valence-corrected chi connectivity index (χ1v) is 14.8. The first-order valence-electron chi connectivity index (χ1n) is 14.8. The Hall–Kier alpha value is -3.76. The molecule has 3 aliphatic rings. The lowest BCUT2D eigenvalue weighted by Crippen LogP contribution is -2.49. The van der Waals surface area contributed by atoms with Gasteiger partial charge in [-0.25, -0.2) is 4.39 Å². The molecular formula is C32H39FN6O3. The molecule has 1 unspecified atom stereocenters. The smallest absolute Gasteiger partial charge is 0.318 e. The monoisotopic (exact) mass is 574 g/mol. The van der Waals surface area contributed by atoms with Crippen LogP contribution in [0, 0.1) is 6.92 Å². The van der Waals surface area contributed by atoms with Crippen molar-refractivity contribution in [1.29, 1.82) is 0 Å². The zero-order valence-electron chi connectivity index (χ0n) is 24.5. The summed E-state index contributed by atoms with van der Waals surface area (Å²) in [4.78, 5) is 30.9. The van der Waals surface area contributed by atoms with E-state index in [0.29, 0.717) is 51.9 Å². The van der Waals surface area contributed by atoms with Crippen LogP contribution in [0.4, 0.5) is 15.9 Å².